The molecule has 1 aromatic carbocycles. The molecule has 0 unspecified atom stereocenters. The Balaban J connectivity index is 2.70. The average molecular weight is 200 g/mol. The number of aromatic nitrogens is 1. The van der Waals surface area contributed by atoms with Gasteiger partial charge in [0.2, 0.25) is 0 Å². The van der Waals surface area contributed by atoms with E-state index in [1.165, 1.54) is 0 Å². The highest BCUT2D eigenvalue weighted by atomic mass is 32.2. The number of fused-ring (bicyclic) bond motifs is 1. The molecule has 0 saturated heterocycles. The van der Waals surface area contributed by atoms with Gasteiger partial charge in [-0.1, -0.05) is 12.1 Å². The number of hydrogen-bond acceptors (Lipinski definition) is 3. The van der Waals surface area contributed by atoms with Crippen molar-refractivity contribution >= 4 is 22.7 Å². The third-order valence-electron chi connectivity index (χ3n) is 1.97. The zero-order chi connectivity index (χ0) is 9.97. The van der Waals surface area contributed by atoms with Crippen LogP contribution in [0.5, 0.6) is 0 Å². The van der Waals surface area contributed by atoms with Crippen molar-refractivity contribution in [1.29, 1.82) is 5.26 Å². The fraction of sp³-hybridized carbons (Fsp3) is 0.0909. The van der Waals surface area contributed by atoms with Crippen LogP contribution in [-0.4, -0.2) is 4.98 Å². The minimum absolute atomic E-state index is 0.907. The molecular formula is C11H8N2S. The second kappa shape index (κ2) is 3.69. The number of rotatable bonds is 1. The van der Waals surface area contributed by atoms with Crippen molar-refractivity contribution in [2.24, 2.45) is 0 Å². The molecule has 2 rings (SSSR count). The van der Waals surface area contributed by atoms with E-state index in [0.717, 1.165) is 33.1 Å². The monoisotopic (exact) mass is 200 g/mol. The zero-order valence-electron chi connectivity index (χ0n) is 7.69. The first-order chi connectivity index (χ1) is 6.81. The summed E-state index contributed by atoms with van der Waals surface area (Å²) < 4.78 is 0. The average Bonchev–Trinajstić information content (AvgIpc) is 2.18. The van der Waals surface area contributed by atoms with Gasteiger partial charge in [-0.2, -0.15) is 5.26 Å². The summed E-state index contributed by atoms with van der Waals surface area (Å²) in [5.74, 6) is 0. The van der Waals surface area contributed by atoms with Gasteiger partial charge in [0.15, 0.2) is 0 Å². The largest absolute Gasteiger partial charge is 0.255 e. The Hall–Kier alpha value is -1.53. The van der Waals surface area contributed by atoms with Crippen LogP contribution in [0.2, 0.25) is 0 Å². The molecule has 0 fully saturated rings. The van der Waals surface area contributed by atoms with E-state index in [0.29, 0.717) is 0 Å². The molecule has 1 heterocycles. The molecule has 0 saturated carbocycles. The highest BCUT2D eigenvalue weighted by Gasteiger charge is 2.01. The summed E-state index contributed by atoms with van der Waals surface area (Å²) in [6.45, 7) is 2.01. The van der Waals surface area contributed by atoms with Crippen LogP contribution in [0.4, 0.5) is 0 Å². The van der Waals surface area contributed by atoms with Crippen LogP contribution < -0.4 is 0 Å². The van der Waals surface area contributed by atoms with Crippen molar-refractivity contribution < 1.29 is 0 Å². The van der Waals surface area contributed by atoms with Crippen LogP contribution in [0, 0.1) is 17.6 Å². The predicted octanol–water partition coefficient (Wildman–Crippen LogP) is 3.12. The molecule has 0 N–H and O–H groups in total. The van der Waals surface area contributed by atoms with Gasteiger partial charge in [0, 0.05) is 16.5 Å². The first-order valence-corrected chi connectivity index (χ1v) is 5.04. The Kier molecular flexibility index (Phi) is 2.38. The van der Waals surface area contributed by atoms with Crippen molar-refractivity contribution in [2.75, 3.05) is 0 Å². The number of aryl methyl sites for hydroxylation is 1. The molecule has 0 aliphatic heterocycles. The molecule has 0 atom stereocenters. The van der Waals surface area contributed by atoms with E-state index in [4.69, 9.17) is 5.26 Å². The molecule has 14 heavy (non-hydrogen) atoms. The molecule has 0 spiro atoms. The maximum absolute atomic E-state index is 8.62. The number of nitriles is 1. The molecule has 2 aromatic rings. The second-order valence-electron chi connectivity index (χ2n) is 3.03. The lowest BCUT2D eigenvalue weighted by atomic mass is 10.2. The number of nitrogens with zero attached hydrogens (tertiary/aromatic N) is 2. The molecule has 1 aromatic heterocycles. The van der Waals surface area contributed by atoms with Crippen molar-refractivity contribution in [3.63, 3.8) is 0 Å². The number of thiocyanates is 1. The fourth-order valence-electron chi connectivity index (χ4n) is 1.37. The van der Waals surface area contributed by atoms with E-state index in [9.17, 15) is 0 Å². The number of hydrogen-bond donors (Lipinski definition) is 0. The lowest BCUT2D eigenvalue weighted by Crippen LogP contribution is -1.83. The highest BCUT2D eigenvalue weighted by Crippen LogP contribution is 2.25. The Morgan fingerprint density at radius 1 is 1.43 bits per heavy atom. The van der Waals surface area contributed by atoms with Crippen molar-refractivity contribution in [1.82, 2.24) is 4.98 Å². The van der Waals surface area contributed by atoms with Crippen molar-refractivity contribution in [2.45, 2.75) is 11.8 Å². The molecule has 0 aliphatic rings. The van der Waals surface area contributed by atoms with Gasteiger partial charge < -0.3 is 0 Å². The number of para-hydroxylation sites is 1. The summed E-state index contributed by atoms with van der Waals surface area (Å²) in [5, 5.41) is 11.8. The SMILES string of the molecule is Cc1cnc2c(SC#N)cccc2c1. The van der Waals surface area contributed by atoms with Crippen LogP contribution in [0.1, 0.15) is 5.56 Å². The van der Waals surface area contributed by atoms with Gasteiger partial charge in [0.05, 0.1) is 5.52 Å². The van der Waals surface area contributed by atoms with E-state index in [1.54, 1.807) is 0 Å². The Morgan fingerprint density at radius 2 is 2.29 bits per heavy atom. The molecule has 0 radical (unpaired) electrons. The van der Waals surface area contributed by atoms with Gasteiger partial charge in [-0.25, -0.2) is 0 Å². The quantitative estimate of drug-likeness (QED) is 0.524. The molecule has 2 nitrogen and oxygen atoms in total. The van der Waals surface area contributed by atoms with Crippen molar-refractivity contribution in [3.8, 4) is 5.40 Å². The third-order valence-corrected chi connectivity index (χ3v) is 2.61. The molecule has 0 aliphatic carbocycles. The minimum atomic E-state index is 0.907. The predicted molar refractivity (Wildman–Crippen MR) is 58.0 cm³/mol. The lowest BCUT2D eigenvalue weighted by Gasteiger charge is -2.01. The Bertz CT molecular complexity index is 514. The summed E-state index contributed by atoms with van der Waals surface area (Å²) in [4.78, 5) is 5.25. The van der Waals surface area contributed by atoms with Crippen LogP contribution >= 0.6 is 11.8 Å². The van der Waals surface area contributed by atoms with Gasteiger partial charge >= 0.3 is 0 Å². The standard InChI is InChI=1S/C11H8N2S/c1-8-5-9-3-2-4-10(14-7-12)11(9)13-6-8/h2-6H,1H3. The summed E-state index contributed by atoms with van der Waals surface area (Å²) in [6, 6.07) is 7.95. The Morgan fingerprint density at radius 3 is 3.07 bits per heavy atom. The minimum Gasteiger partial charge on any atom is -0.255 e. The number of benzene rings is 1. The topological polar surface area (TPSA) is 36.7 Å². The first kappa shape index (κ1) is 9.04. The van der Waals surface area contributed by atoms with Crippen LogP contribution in [-0.2, 0) is 0 Å². The van der Waals surface area contributed by atoms with E-state index in [2.05, 4.69) is 16.5 Å². The molecule has 68 valence electrons. The third kappa shape index (κ3) is 1.57. The molecule has 3 heteroatoms. The van der Waals surface area contributed by atoms with Gasteiger partial charge in [-0.15, -0.1) is 0 Å². The van der Waals surface area contributed by atoms with E-state index < -0.39 is 0 Å². The summed E-state index contributed by atoms with van der Waals surface area (Å²) in [5.41, 5.74) is 2.04. The van der Waals surface area contributed by atoms with E-state index >= 15 is 0 Å². The van der Waals surface area contributed by atoms with Gasteiger partial charge in [0.1, 0.15) is 5.40 Å². The lowest BCUT2D eigenvalue weighted by molar-refractivity contribution is 1.30. The number of thioether (sulfide) groups is 1. The summed E-state index contributed by atoms with van der Waals surface area (Å²) in [6.07, 6.45) is 1.82. The smallest absolute Gasteiger partial charge is 0.138 e. The normalized spacial score (nSPS) is 10.0. The van der Waals surface area contributed by atoms with E-state index in [-0.39, 0.29) is 0 Å². The molecule has 0 amide bonds. The Labute approximate surface area is 86.6 Å². The fourth-order valence-corrected chi connectivity index (χ4v) is 1.89. The summed E-state index contributed by atoms with van der Waals surface area (Å²) in [7, 11) is 0. The maximum atomic E-state index is 8.62. The summed E-state index contributed by atoms with van der Waals surface area (Å²) >= 11 is 1.15. The second-order valence-corrected chi connectivity index (χ2v) is 3.86. The van der Waals surface area contributed by atoms with Gasteiger partial charge in [0.25, 0.3) is 0 Å². The van der Waals surface area contributed by atoms with E-state index in [1.807, 2.05) is 31.3 Å². The van der Waals surface area contributed by atoms with Crippen LogP contribution in [0.3, 0.4) is 0 Å². The maximum Gasteiger partial charge on any atom is 0.138 e. The van der Waals surface area contributed by atoms with Crippen molar-refractivity contribution in [3.05, 3.63) is 36.0 Å². The van der Waals surface area contributed by atoms with Crippen LogP contribution in [0.25, 0.3) is 10.9 Å². The van der Waals surface area contributed by atoms with Crippen LogP contribution in [0.15, 0.2) is 35.4 Å². The first-order valence-electron chi connectivity index (χ1n) is 4.22. The highest BCUT2D eigenvalue weighted by molar-refractivity contribution is 8.04. The molecule has 0 bridgehead atoms. The number of pyridine rings is 1. The van der Waals surface area contributed by atoms with Gasteiger partial charge in [-0.3, -0.25) is 4.98 Å². The molecular weight excluding hydrogens is 192 g/mol. The van der Waals surface area contributed by atoms with Gasteiger partial charge in [-0.05, 0) is 36.4 Å². The zero-order valence-corrected chi connectivity index (χ0v) is 8.51.